The van der Waals surface area contributed by atoms with E-state index in [0.717, 1.165) is 11.4 Å². The van der Waals surface area contributed by atoms with Gasteiger partial charge in [0.1, 0.15) is 17.4 Å². The molecule has 0 fully saturated rings. The molecule has 1 heterocycles. The van der Waals surface area contributed by atoms with Crippen molar-refractivity contribution in [2.75, 3.05) is 0 Å². The number of ether oxygens (including phenoxy) is 2. The van der Waals surface area contributed by atoms with Crippen molar-refractivity contribution < 1.29 is 32.5 Å². The fourth-order valence-corrected chi connectivity index (χ4v) is 4.25. The summed E-state index contributed by atoms with van der Waals surface area (Å²) in [6.07, 6.45) is -1.44. The van der Waals surface area contributed by atoms with Gasteiger partial charge in [0.25, 0.3) is 0 Å². The zero-order valence-corrected chi connectivity index (χ0v) is 19.6. The van der Waals surface area contributed by atoms with Crippen LogP contribution < -0.4 is 4.74 Å². The number of aromatic nitrogens is 1. The number of hydrogen-bond donors (Lipinski definition) is 1. The lowest BCUT2D eigenvalue weighted by Crippen LogP contribution is -2.14. The zero-order chi connectivity index (χ0) is 24.9. The summed E-state index contributed by atoms with van der Waals surface area (Å²) in [6, 6.07) is 7.54. The molecule has 1 aromatic heterocycles. The Kier molecular flexibility index (Phi) is 8.22. The number of phenolic OH excluding ortho intramolecular Hbond substituents is 1. The van der Waals surface area contributed by atoms with E-state index >= 15 is 0 Å². The highest BCUT2D eigenvalue weighted by molar-refractivity contribution is 7.09. The largest absolute Gasteiger partial charge is 0.504 e. The summed E-state index contributed by atoms with van der Waals surface area (Å²) >= 11 is 7.35. The minimum Gasteiger partial charge on any atom is -0.504 e. The van der Waals surface area contributed by atoms with Crippen molar-refractivity contribution in [3.63, 3.8) is 0 Å². The van der Waals surface area contributed by atoms with Crippen LogP contribution in [0.1, 0.15) is 41.8 Å². The maximum Gasteiger partial charge on any atom is 0.416 e. The second-order valence-corrected chi connectivity index (χ2v) is 8.70. The minimum absolute atomic E-state index is 0.0848. The molecule has 3 rings (SSSR count). The fraction of sp³-hybridized carbons (Fsp3) is 0.250. The predicted molar refractivity (Wildman–Crippen MR) is 123 cm³/mol. The molecule has 0 amide bonds. The van der Waals surface area contributed by atoms with Gasteiger partial charge in [-0.05, 0) is 36.2 Å². The second kappa shape index (κ2) is 10.9. The Morgan fingerprint density at radius 2 is 2.06 bits per heavy atom. The number of phenols is 1. The van der Waals surface area contributed by atoms with Crippen molar-refractivity contribution in [3.8, 4) is 17.2 Å². The van der Waals surface area contributed by atoms with Crippen LogP contribution in [0.15, 0.2) is 60.1 Å². The van der Waals surface area contributed by atoms with Gasteiger partial charge in [-0.2, -0.15) is 13.2 Å². The third kappa shape index (κ3) is 6.30. The molecular weight excluding hydrogens is 491 g/mol. The molecule has 0 aliphatic heterocycles. The molecule has 0 saturated carbocycles. The monoisotopic (exact) mass is 511 g/mol. The summed E-state index contributed by atoms with van der Waals surface area (Å²) in [5, 5.41) is 12.2. The molecule has 180 valence electrons. The number of carbonyl (C=O) groups is 1. The molecule has 0 bridgehead atoms. The van der Waals surface area contributed by atoms with Gasteiger partial charge in [-0.15, -0.1) is 11.3 Å². The molecule has 1 atom stereocenters. The molecule has 1 unspecified atom stereocenters. The van der Waals surface area contributed by atoms with Crippen LogP contribution in [0.2, 0.25) is 5.02 Å². The molecule has 5 nitrogen and oxygen atoms in total. The summed E-state index contributed by atoms with van der Waals surface area (Å²) in [6.45, 7) is 5.82. The Bertz CT molecular complexity index is 1140. The van der Waals surface area contributed by atoms with Crippen molar-refractivity contribution in [1.82, 2.24) is 4.98 Å². The third-order valence-electron chi connectivity index (χ3n) is 4.85. The Hall–Kier alpha value is -3.04. The highest BCUT2D eigenvalue weighted by Crippen LogP contribution is 2.42. The molecule has 2 aromatic carbocycles. The van der Waals surface area contributed by atoms with Crippen LogP contribution in [0.25, 0.3) is 0 Å². The first-order chi connectivity index (χ1) is 16.1. The van der Waals surface area contributed by atoms with Gasteiger partial charge >= 0.3 is 12.1 Å². The molecule has 0 aliphatic rings. The minimum atomic E-state index is -4.66. The van der Waals surface area contributed by atoms with Gasteiger partial charge in [-0.3, -0.25) is 0 Å². The molecule has 10 heteroatoms. The van der Waals surface area contributed by atoms with E-state index in [9.17, 15) is 23.1 Å². The van der Waals surface area contributed by atoms with E-state index in [0.29, 0.717) is 29.7 Å². The van der Waals surface area contributed by atoms with Crippen LogP contribution in [0.3, 0.4) is 0 Å². The van der Waals surface area contributed by atoms with Gasteiger partial charge in [0.15, 0.2) is 11.5 Å². The number of aromatic hydroxyl groups is 1. The molecule has 0 radical (unpaired) electrons. The van der Waals surface area contributed by atoms with E-state index in [1.807, 2.05) is 12.3 Å². The first-order valence-electron chi connectivity index (χ1n) is 10.2. The number of benzene rings is 2. The highest BCUT2D eigenvalue weighted by Gasteiger charge is 2.32. The van der Waals surface area contributed by atoms with Crippen LogP contribution in [-0.2, 0) is 22.3 Å². The molecule has 34 heavy (non-hydrogen) atoms. The van der Waals surface area contributed by atoms with Crippen molar-refractivity contribution in [3.05, 3.63) is 81.3 Å². The van der Waals surface area contributed by atoms with Gasteiger partial charge in [-0.1, -0.05) is 43.7 Å². The Labute approximate surface area is 203 Å². The molecule has 1 N–H and O–H groups in total. The Balaban J connectivity index is 1.68. The van der Waals surface area contributed by atoms with Crippen LogP contribution >= 0.6 is 22.9 Å². The number of esters is 1. The number of carbonyl (C=O) groups excluding carboxylic acids is 1. The maximum atomic E-state index is 12.9. The summed E-state index contributed by atoms with van der Waals surface area (Å²) in [4.78, 5) is 16.9. The van der Waals surface area contributed by atoms with E-state index in [-0.39, 0.29) is 24.0 Å². The van der Waals surface area contributed by atoms with E-state index in [4.69, 9.17) is 21.1 Å². The van der Waals surface area contributed by atoms with Gasteiger partial charge in [0, 0.05) is 23.1 Å². The van der Waals surface area contributed by atoms with Gasteiger partial charge in [0.05, 0.1) is 10.6 Å². The lowest BCUT2D eigenvalue weighted by molar-refractivity contribution is -0.140. The lowest BCUT2D eigenvalue weighted by atomic mass is 9.96. The van der Waals surface area contributed by atoms with E-state index < -0.39 is 28.5 Å². The van der Waals surface area contributed by atoms with Crippen LogP contribution in [0.4, 0.5) is 13.2 Å². The number of rotatable bonds is 9. The summed E-state index contributed by atoms with van der Waals surface area (Å²) < 4.78 is 49.5. The van der Waals surface area contributed by atoms with Crippen LogP contribution in [0.5, 0.6) is 17.2 Å². The summed E-state index contributed by atoms with van der Waals surface area (Å²) in [5.41, 5.74) is -0.226. The number of thiazole rings is 1. The molecule has 0 saturated heterocycles. The quantitative estimate of drug-likeness (QED) is 0.238. The standard InChI is InChI=1S/C24H21ClF3NO4S/c1-3-5-18(22-29-8-9-34-22)14(2)23(31)32-13-15-6-4-7-17(10-15)33-21-19(25)11-16(12-20(21)30)24(26,27)28/h4,6-12,18,30H,2-3,5,13H2,1H3. The van der Waals surface area contributed by atoms with E-state index in [2.05, 4.69) is 11.6 Å². The highest BCUT2D eigenvalue weighted by atomic mass is 35.5. The average molecular weight is 512 g/mol. The maximum absolute atomic E-state index is 12.9. The number of halogens is 4. The van der Waals surface area contributed by atoms with Crippen LogP contribution in [-0.4, -0.2) is 16.1 Å². The number of hydrogen-bond acceptors (Lipinski definition) is 6. The molecular formula is C24H21ClF3NO4S. The number of alkyl halides is 3. The Morgan fingerprint density at radius 1 is 1.29 bits per heavy atom. The predicted octanol–water partition coefficient (Wildman–Crippen LogP) is 7.50. The first kappa shape index (κ1) is 25.6. The van der Waals surface area contributed by atoms with Crippen molar-refractivity contribution in [2.24, 2.45) is 0 Å². The van der Waals surface area contributed by atoms with E-state index in [1.165, 1.54) is 23.5 Å². The van der Waals surface area contributed by atoms with Crippen LogP contribution in [0, 0.1) is 0 Å². The smallest absolute Gasteiger partial charge is 0.416 e. The third-order valence-corrected chi connectivity index (χ3v) is 6.02. The van der Waals surface area contributed by atoms with Gasteiger partial charge in [0.2, 0.25) is 0 Å². The summed E-state index contributed by atoms with van der Waals surface area (Å²) in [7, 11) is 0. The second-order valence-electron chi connectivity index (χ2n) is 7.37. The first-order valence-corrected chi connectivity index (χ1v) is 11.5. The van der Waals surface area contributed by atoms with Crippen molar-refractivity contribution in [2.45, 2.75) is 38.5 Å². The van der Waals surface area contributed by atoms with Crippen molar-refractivity contribution >= 4 is 28.9 Å². The molecule has 0 aliphatic carbocycles. The van der Waals surface area contributed by atoms with Gasteiger partial charge < -0.3 is 14.6 Å². The van der Waals surface area contributed by atoms with Gasteiger partial charge in [-0.25, -0.2) is 9.78 Å². The zero-order valence-electron chi connectivity index (χ0n) is 18.1. The molecule has 3 aromatic rings. The normalized spacial score (nSPS) is 12.3. The fourth-order valence-electron chi connectivity index (χ4n) is 3.19. The number of nitrogens with zero attached hydrogens (tertiary/aromatic N) is 1. The Morgan fingerprint density at radius 3 is 2.68 bits per heavy atom. The van der Waals surface area contributed by atoms with Crippen molar-refractivity contribution in [1.29, 1.82) is 0 Å². The lowest BCUT2D eigenvalue weighted by Gasteiger charge is -2.16. The average Bonchev–Trinajstić information content (AvgIpc) is 3.32. The van der Waals surface area contributed by atoms with E-state index in [1.54, 1.807) is 18.3 Å². The topological polar surface area (TPSA) is 68.7 Å². The summed E-state index contributed by atoms with van der Waals surface area (Å²) in [5.74, 6) is -1.66. The molecule has 0 spiro atoms. The SMILES string of the molecule is C=C(C(=O)OCc1cccc(Oc2c(O)cc(C(F)(F)F)cc2Cl)c1)C(CCC)c1nccs1.